The number of aryl methyl sites for hydroxylation is 1. The fraction of sp³-hybridized carbons (Fsp3) is 0.100. The lowest BCUT2D eigenvalue weighted by molar-refractivity contribution is 0.101. The first-order valence-electron chi connectivity index (χ1n) is 8.09. The predicted molar refractivity (Wildman–Crippen MR) is 101 cm³/mol. The predicted octanol–water partition coefficient (Wildman–Crippen LogP) is 3.98. The Morgan fingerprint density at radius 3 is 2.38 bits per heavy atom. The van der Waals surface area contributed by atoms with E-state index in [9.17, 15) is 9.59 Å². The third kappa shape index (κ3) is 4.30. The van der Waals surface area contributed by atoms with Crippen LogP contribution in [0.4, 0.5) is 17.2 Å². The number of hydrogen-bond donors (Lipinski definition) is 2. The molecule has 0 bridgehead atoms. The monoisotopic (exact) mass is 346 g/mol. The van der Waals surface area contributed by atoms with Crippen LogP contribution in [0.5, 0.6) is 0 Å². The molecule has 0 aliphatic carbocycles. The van der Waals surface area contributed by atoms with Crippen molar-refractivity contribution in [2.75, 3.05) is 10.6 Å². The highest BCUT2D eigenvalue weighted by Gasteiger charge is 2.10. The van der Waals surface area contributed by atoms with Gasteiger partial charge in [-0.05, 0) is 55.8 Å². The molecule has 0 saturated heterocycles. The van der Waals surface area contributed by atoms with Crippen LogP contribution >= 0.6 is 0 Å². The fourth-order valence-corrected chi connectivity index (χ4v) is 2.40. The van der Waals surface area contributed by atoms with E-state index in [0.717, 1.165) is 11.3 Å². The summed E-state index contributed by atoms with van der Waals surface area (Å²) in [5.41, 5.74) is 3.42. The lowest BCUT2D eigenvalue weighted by Gasteiger charge is -2.08. The fourth-order valence-electron chi connectivity index (χ4n) is 2.40. The van der Waals surface area contributed by atoms with Crippen molar-refractivity contribution < 1.29 is 9.59 Å². The number of carbonyl (C=O) groups excluding carboxylic acids is 2. The molecule has 1 aromatic heterocycles. The number of amides is 1. The Bertz CT molecular complexity index is 952. The summed E-state index contributed by atoms with van der Waals surface area (Å²) in [6, 6.07) is 16.1. The molecular weight excluding hydrogens is 328 g/mol. The molecule has 0 saturated carbocycles. The zero-order chi connectivity index (χ0) is 18.5. The Labute approximate surface area is 151 Å². The molecule has 0 aliphatic heterocycles. The second-order valence-corrected chi connectivity index (χ2v) is 5.87. The third-order valence-electron chi connectivity index (χ3n) is 3.74. The molecule has 130 valence electrons. The summed E-state index contributed by atoms with van der Waals surface area (Å²) >= 11 is 0. The topological polar surface area (TPSA) is 84.0 Å². The van der Waals surface area contributed by atoms with E-state index in [4.69, 9.17) is 0 Å². The molecule has 0 radical (unpaired) electrons. The molecule has 26 heavy (non-hydrogen) atoms. The van der Waals surface area contributed by atoms with Crippen LogP contribution in [0.15, 0.2) is 60.9 Å². The number of carbonyl (C=O) groups is 2. The van der Waals surface area contributed by atoms with E-state index in [1.54, 1.807) is 30.3 Å². The van der Waals surface area contributed by atoms with Crippen molar-refractivity contribution in [1.82, 2.24) is 9.97 Å². The summed E-state index contributed by atoms with van der Waals surface area (Å²) in [7, 11) is 0. The second kappa shape index (κ2) is 7.57. The number of nitrogens with one attached hydrogen (secondary N) is 2. The number of Topliss-reactive ketones (excluding diaryl/α,β-unsaturated/α-hetero) is 1. The van der Waals surface area contributed by atoms with Crippen LogP contribution in [0.25, 0.3) is 0 Å². The zero-order valence-corrected chi connectivity index (χ0v) is 14.5. The molecule has 1 heterocycles. The molecular formula is C20H18N4O2. The van der Waals surface area contributed by atoms with E-state index in [0.29, 0.717) is 17.1 Å². The molecule has 0 aliphatic rings. The minimum Gasteiger partial charge on any atom is -0.340 e. The third-order valence-corrected chi connectivity index (χ3v) is 3.74. The van der Waals surface area contributed by atoms with E-state index in [1.807, 2.05) is 31.2 Å². The first-order valence-corrected chi connectivity index (χ1v) is 8.09. The summed E-state index contributed by atoms with van der Waals surface area (Å²) in [4.78, 5) is 31.9. The van der Waals surface area contributed by atoms with Crippen LogP contribution < -0.4 is 10.6 Å². The number of ketones is 1. The Morgan fingerprint density at radius 1 is 0.923 bits per heavy atom. The molecule has 3 aromatic rings. The van der Waals surface area contributed by atoms with Crippen LogP contribution in [0.1, 0.15) is 33.3 Å². The number of nitrogens with zero attached hydrogens (tertiary/aromatic N) is 2. The average molecular weight is 346 g/mol. The highest BCUT2D eigenvalue weighted by Crippen LogP contribution is 2.17. The van der Waals surface area contributed by atoms with E-state index in [1.165, 1.54) is 13.3 Å². The molecule has 3 rings (SSSR count). The molecule has 6 heteroatoms. The smallest absolute Gasteiger partial charge is 0.274 e. The van der Waals surface area contributed by atoms with Gasteiger partial charge in [-0.3, -0.25) is 9.59 Å². The van der Waals surface area contributed by atoms with Gasteiger partial charge in [-0.1, -0.05) is 12.1 Å². The van der Waals surface area contributed by atoms with Gasteiger partial charge in [-0.25, -0.2) is 9.97 Å². The summed E-state index contributed by atoms with van der Waals surface area (Å²) in [6.07, 6.45) is 1.33. The molecule has 2 N–H and O–H groups in total. The van der Waals surface area contributed by atoms with Crippen LogP contribution in [0.3, 0.4) is 0 Å². The number of anilines is 3. The lowest BCUT2D eigenvalue weighted by atomic mass is 10.1. The van der Waals surface area contributed by atoms with Gasteiger partial charge >= 0.3 is 0 Å². The highest BCUT2D eigenvalue weighted by atomic mass is 16.2. The van der Waals surface area contributed by atoms with Crippen molar-refractivity contribution in [2.24, 2.45) is 0 Å². The molecule has 0 atom stereocenters. The van der Waals surface area contributed by atoms with E-state index in [-0.39, 0.29) is 17.4 Å². The summed E-state index contributed by atoms with van der Waals surface area (Å²) in [6.45, 7) is 3.48. The van der Waals surface area contributed by atoms with Gasteiger partial charge < -0.3 is 10.6 Å². The van der Waals surface area contributed by atoms with Gasteiger partial charge in [0.1, 0.15) is 17.8 Å². The van der Waals surface area contributed by atoms with Crippen molar-refractivity contribution in [2.45, 2.75) is 13.8 Å². The van der Waals surface area contributed by atoms with E-state index >= 15 is 0 Å². The molecule has 0 fully saturated rings. The summed E-state index contributed by atoms with van der Waals surface area (Å²) in [5, 5.41) is 5.91. The van der Waals surface area contributed by atoms with Gasteiger partial charge in [0.2, 0.25) is 0 Å². The van der Waals surface area contributed by atoms with Gasteiger partial charge in [-0.15, -0.1) is 0 Å². The molecule has 0 spiro atoms. The minimum absolute atomic E-state index is 0.00805. The highest BCUT2D eigenvalue weighted by molar-refractivity contribution is 6.03. The SMILES string of the molecule is CC(=O)c1ccc(Nc2cc(C(=O)Nc3cccc(C)c3)ncn2)cc1. The maximum Gasteiger partial charge on any atom is 0.274 e. The Hall–Kier alpha value is -3.54. The lowest BCUT2D eigenvalue weighted by Crippen LogP contribution is -2.14. The van der Waals surface area contributed by atoms with Crippen molar-refractivity contribution in [1.29, 1.82) is 0 Å². The van der Waals surface area contributed by atoms with Gasteiger partial charge in [0.15, 0.2) is 5.78 Å². The first-order chi connectivity index (χ1) is 12.5. The molecule has 6 nitrogen and oxygen atoms in total. The van der Waals surface area contributed by atoms with E-state index < -0.39 is 0 Å². The molecule has 2 aromatic carbocycles. The second-order valence-electron chi connectivity index (χ2n) is 5.87. The number of benzene rings is 2. The van der Waals surface area contributed by atoms with Gasteiger partial charge in [-0.2, -0.15) is 0 Å². The van der Waals surface area contributed by atoms with Crippen LogP contribution in [0, 0.1) is 6.92 Å². The Balaban J connectivity index is 1.73. The van der Waals surface area contributed by atoms with Gasteiger partial charge in [0.25, 0.3) is 5.91 Å². The van der Waals surface area contributed by atoms with Crippen molar-refractivity contribution in [3.8, 4) is 0 Å². The number of hydrogen-bond acceptors (Lipinski definition) is 5. The largest absolute Gasteiger partial charge is 0.340 e. The zero-order valence-electron chi connectivity index (χ0n) is 14.5. The standard InChI is InChI=1S/C20H18N4O2/c1-13-4-3-5-17(10-13)24-20(26)18-11-19(22-12-21-18)23-16-8-6-15(7-9-16)14(2)25/h3-12H,1-2H3,(H,24,26)(H,21,22,23). The first kappa shape index (κ1) is 17.3. The quantitative estimate of drug-likeness (QED) is 0.683. The van der Waals surface area contributed by atoms with Crippen molar-refractivity contribution in [3.05, 3.63) is 77.7 Å². The van der Waals surface area contributed by atoms with Crippen molar-refractivity contribution >= 4 is 28.9 Å². The van der Waals surface area contributed by atoms with Crippen LogP contribution in [0.2, 0.25) is 0 Å². The minimum atomic E-state index is -0.312. The van der Waals surface area contributed by atoms with Gasteiger partial charge in [0.05, 0.1) is 0 Å². The summed E-state index contributed by atoms with van der Waals surface area (Å²) < 4.78 is 0. The average Bonchev–Trinajstić information content (AvgIpc) is 2.62. The Morgan fingerprint density at radius 2 is 1.69 bits per heavy atom. The number of rotatable bonds is 5. The maximum absolute atomic E-state index is 12.4. The number of aromatic nitrogens is 2. The van der Waals surface area contributed by atoms with Crippen LogP contribution in [-0.2, 0) is 0 Å². The van der Waals surface area contributed by atoms with Crippen molar-refractivity contribution in [3.63, 3.8) is 0 Å². The van der Waals surface area contributed by atoms with Gasteiger partial charge in [0, 0.05) is 23.0 Å². The van der Waals surface area contributed by atoms with Crippen LogP contribution in [-0.4, -0.2) is 21.7 Å². The maximum atomic E-state index is 12.4. The van der Waals surface area contributed by atoms with E-state index in [2.05, 4.69) is 20.6 Å². The molecule has 0 unspecified atom stereocenters. The Kier molecular flexibility index (Phi) is 5.03. The normalized spacial score (nSPS) is 10.2. The summed E-state index contributed by atoms with van der Waals surface area (Å²) in [5.74, 6) is 0.187. The molecule has 1 amide bonds.